The summed E-state index contributed by atoms with van der Waals surface area (Å²) in [6, 6.07) is 5.06. The van der Waals surface area contributed by atoms with Crippen LogP contribution < -0.4 is 29.6 Å². The monoisotopic (exact) mass is 823 g/mol. The molecule has 4 amide bonds. The highest BCUT2D eigenvalue weighted by molar-refractivity contribution is 9.10. The summed E-state index contributed by atoms with van der Waals surface area (Å²) < 4.78 is 23.1. The second-order valence-electron chi connectivity index (χ2n) is 14.3. The summed E-state index contributed by atoms with van der Waals surface area (Å²) >= 11 is 5.02. The van der Waals surface area contributed by atoms with Gasteiger partial charge in [-0.05, 0) is 91.5 Å². The summed E-state index contributed by atoms with van der Waals surface area (Å²) in [6.07, 6.45) is 11.5. The van der Waals surface area contributed by atoms with Crippen LogP contribution in [0.25, 0.3) is 10.9 Å². The van der Waals surface area contributed by atoms with E-state index in [0.717, 1.165) is 32.1 Å². The molecule has 5 atom stereocenters. The fourth-order valence-electron chi connectivity index (χ4n) is 7.19. The lowest BCUT2D eigenvalue weighted by Crippen LogP contribution is -2.57. The Hall–Kier alpha value is -4.31. The van der Waals surface area contributed by atoms with E-state index in [-0.39, 0.29) is 30.5 Å². The van der Waals surface area contributed by atoms with Crippen LogP contribution in [0.15, 0.2) is 47.1 Å². The van der Waals surface area contributed by atoms with Crippen LogP contribution >= 0.6 is 27.9 Å². The van der Waals surface area contributed by atoms with Gasteiger partial charge in [-0.3, -0.25) is 28.6 Å². The fourth-order valence-corrected chi connectivity index (χ4v) is 8.61. The number of aryl methyl sites for hydroxylation is 1. The van der Waals surface area contributed by atoms with Crippen molar-refractivity contribution in [2.75, 3.05) is 20.3 Å². The molecule has 7 rings (SSSR count). The maximum Gasteiger partial charge on any atom is 0.272 e. The number of ether oxygens (including phenoxy) is 3. The zero-order valence-corrected chi connectivity index (χ0v) is 33.0. The van der Waals surface area contributed by atoms with Gasteiger partial charge in [0.2, 0.25) is 17.7 Å². The number of allylic oxidation sites excluding steroid dienone is 1. The number of hydrogen-bond donors (Lipinski definition) is 3. The predicted octanol–water partition coefficient (Wildman–Crippen LogP) is 4.61. The van der Waals surface area contributed by atoms with Crippen molar-refractivity contribution in [2.45, 2.75) is 93.7 Å². The fraction of sp³-hybridized carbons (Fsp3) is 0.526. The molecule has 288 valence electrons. The van der Waals surface area contributed by atoms with Gasteiger partial charge in [0.15, 0.2) is 0 Å². The second kappa shape index (κ2) is 16.2. The molecule has 2 aliphatic heterocycles. The summed E-state index contributed by atoms with van der Waals surface area (Å²) in [5.74, 6) is -0.303. The molecule has 0 radical (unpaired) electrons. The van der Waals surface area contributed by atoms with Gasteiger partial charge in [-0.25, -0.2) is 4.98 Å². The van der Waals surface area contributed by atoms with E-state index in [1.54, 1.807) is 38.6 Å². The molecular weight excluding hydrogens is 778 g/mol. The number of carbonyl (C=O) groups excluding carboxylic acids is 4. The average Bonchev–Trinajstić information content (AvgIpc) is 4.02. The van der Waals surface area contributed by atoms with Gasteiger partial charge < -0.3 is 29.7 Å². The Balaban J connectivity index is 1.21. The lowest BCUT2D eigenvalue weighted by molar-refractivity contribution is -0.141. The van der Waals surface area contributed by atoms with Crippen LogP contribution in [0.5, 0.6) is 17.4 Å². The van der Waals surface area contributed by atoms with Crippen molar-refractivity contribution in [3.63, 3.8) is 0 Å². The van der Waals surface area contributed by atoms with Gasteiger partial charge in [-0.1, -0.05) is 25.0 Å². The van der Waals surface area contributed by atoms with Crippen molar-refractivity contribution in [1.82, 2.24) is 35.0 Å². The molecule has 3 aromatic rings. The Labute approximate surface area is 326 Å². The van der Waals surface area contributed by atoms with Gasteiger partial charge in [0.05, 0.1) is 30.3 Å². The van der Waals surface area contributed by atoms with E-state index in [0.29, 0.717) is 63.9 Å². The number of hydrogen-bond acceptors (Lipinski definition) is 10. The first-order valence-corrected chi connectivity index (χ1v) is 20.3. The van der Waals surface area contributed by atoms with Gasteiger partial charge in [0, 0.05) is 42.3 Å². The number of amides is 4. The largest absolute Gasteiger partial charge is 0.495 e. The highest BCUT2D eigenvalue weighted by Crippen LogP contribution is 2.47. The summed E-state index contributed by atoms with van der Waals surface area (Å²) in [7, 11) is 3.29. The molecule has 14 nitrogen and oxygen atoms in total. The molecule has 16 heteroatoms. The van der Waals surface area contributed by atoms with Crippen LogP contribution in [-0.4, -0.2) is 92.5 Å². The highest BCUT2D eigenvalue weighted by Gasteiger charge is 2.61. The van der Waals surface area contributed by atoms with E-state index in [9.17, 15) is 19.2 Å². The van der Waals surface area contributed by atoms with E-state index in [2.05, 4.69) is 47.4 Å². The lowest BCUT2D eigenvalue weighted by Gasteiger charge is -2.29. The quantitative estimate of drug-likeness (QED) is 0.194. The molecule has 4 heterocycles. The number of pyridine rings is 1. The zero-order chi connectivity index (χ0) is 38.0. The number of methoxy groups -OCH3 is 1. The topological polar surface area (TPSA) is 166 Å². The minimum absolute atomic E-state index is 0.0675. The number of carbonyl (C=O) groups is 4. The molecular formula is C38H46BrN7O7S. The van der Waals surface area contributed by atoms with E-state index in [4.69, 9.17) is 14.2 Å². The van der Waals surface area contributed by atoms with Gasteiger partial charge in [0.25, 0.3) is 11.8 Å². The van der Waals surface area contributed by atoms with Crippen molar-refractivity contribution in [2.24, 2.45) is 13.0 Å². The molecule has 2 saturated carbocycles. The molecule has 3 fully saturated rings. The van der Waals surface area contributed by atoms with Crippen molar-refractivity contribution >= 4 is 62.4 Å². The van der Waals surface area contributed by atoms with Crippen LogP contribution in [0.3, 0.4) is 0 Å². The minimum atomic E-state index is -1.12. The van der Waals surface area contributed by atoms with Gasteiger partial charge in [-0.15, -0.1) is 0 Å². The number of nitrogens with zero attached hydrogens (tertiary/aromatic N) is 4. The third-order valence-corrected chi connectivity index (χ3v) is 12.2. The molecule has 1 aromatic carbocycles. The zero-order valence-electron chi connectivity index (χ0n) is 30.6. The van der Waals surface area contributed by atoms with E-state index in [1.165, 1.54) is 21.5 Å². The maximum atomic E-state index is 14.6. The Morgan fingerprint density at radius 2 is 1.96 bits per heavy atom. The summed E-state index contributed by atoms with van der Waals surface area (Å²) in [5, 5.41) is 11.3. The normalized spacial score (nSPS) is 25.8. The van der Waals surface area contributed by atoms with E-state index in [1.807, 2.05) is 19.1 Å². The molecule has 0 spiro atoms. The van der Waals surface area contributed by atoms with Gasteiger partial charge >= 0.3 is 0 Å². The van der Waals surface area contributed by atoms with Crippen molar-refractivity contribution in [3.05, 3.63) is 52.8 Å². The van der Waals surface area contributed by atoms with Crippen LogP contribution in [0.1, 0.15) is 75.2 Å². The molecule has 4 aliphatic rings. The number of aromatic nitrogens is 3. The second-order valence-corrected chi connectivity index (χ2v) is 16.2. The first-order valence-electron chi connectivity index (χ1n) is 18.6. The maximum absolute atomic E-state index is 14.6. The van der Waals surface area contributed by atoms with Crippen LogP contribution in [-0.2, 0) is 21.4 Å². The molecule has 2 aromatic heterocycles. The SMILES string of the molecule is CCOc1cc(OC2CC3C(=O)NC4(C(=O)NSC5CC5)CC4C=CCCCCCC(NC(=O)c4ccn(C)n4)C(=O)N3C2)c2ccc(OC)c(Br)c2n1. The van der Waals surface area contributed by atoms with E-state index >= 15 is 0 Å². The molecule has 2 aliphatic carbocycles. The molecule has 0 bridgehead atoms. The first-order chi connectivity index (χ1) is 26.1. The number of rotatable bonds is 10. The highest BCUT2D eigenvalue weighted by atomic mass is 79.9. The summed E-state index contributed by atoms with van der Waals surface area (Å²) in [6.45, 7) is 2.31. The summed E-state index contributed by atoms with van der Waals surface area (Å²) in [5.41, 5.74) is -0.355. The lowest BCUT2D eigenvalue weighted by atomic mass is 10.0. The molecule has 54 heavy (non-hydrogen) atoms. The average molecular weight is 825 g/mol. The number of benzene rings is 1. The third-order valence-electron chi connectivity index (χ3n) is 10.4. The number of fused-ring (bicyclic) bond motifs is 3. The van der Waals surface area contributed by atoms with Gasteiger partial charge in [-0.2, -0.15) is 5.10 Å². The first kappa shape index (κ1) is 38.0. The number of halogens is 1. The Kier molecular flexibility index (Phi) is 11.4. The Morgan fingerprint density at radius 3 is 2.70 bits per heavy atom. The van der Waals surface area contributed by atoms with Crippen molar-refractivity contribution in [1.29, 1.82) is 0 Å². The van der Waals surface area contributed by atoms with Crippen LogP contribution in [0.2, 0.25) is 0 Å². The molecule has 1 saturated heterocycles. The van der Waals surface area contributed by atoms with Gasteiger partial charge in [0.1, 0.15) is 40.9 Å². The Morgan fingerprint density at radius 1 is 1.13 bits per heavy atom. The Bertz CT molecular complexity index is 1950. The summed E-state index contributed by atoms with van der Waals surface area (Å²) in [4.78, 5) is 62.4. The van der Waals surface area contributed by atoms with Crippen LogP contribution in [0.4, 0.5) is 0 Å². The smallest absolute Gasteiger partial charge is 0.272 e. The predicted molar refractivity (Wildman–Crippen MR) is 206 cm³/mol. The van der Waals surface area contributed by atoms with Crippen LogP contribution in [0, 0.1) is 5.92 Å². The molecule has 3 N–H and O–H groups in total. The third kappa shape index (κ3) is 8.19. The van der Waals surface area contributed by atoms with Crippen molar-refractivity contribution < 1.29 is 33.4 Å². The van der Waals surface area contributed by atoms with Crippen molar-refractivity contribution in [3.8, 4) is 17.4 Å². The number of nitrogens with one attached hydrogen (secondary N) is 3. The molecule has 5 unspecified atom stereocenters. The minimum Gasteiger partial charge on any atom is -0.495 e. The van der Waals surface area contributed by atoms with E-state index < -0.39 is 41.4 Å². The standard InChI is InChI=1S/C38H46BrN7O7S/c1-4-52-31-19-30(25-14-15-29(51-3)32(39)33(25)41-31)53-23-18-28-35(48)42-38(37(50)44-54-24-12-13-24)20-22(38)10-8-6-5-7-9-11-27(36(49)46(28)21-23)40-34(47)26-16-17-45(2)43-26/h8,10,14-17,19,22-24,27-28H,4-7,9,11-13,18,20-21H2,1-3H3,(H,40,47)(H,42,48)(H,44,50).